The van der Waals surface area contributed by atoms with E-state index in [4.69, 9.17) is 20.3 Å². The van der Waals surface area contributed by atoms with Crippen molar-refractivity contribution in [2.45, 2.75) is 45.3 Å². The molecule has 0 bridgehead atoms. The summed E-state index contributed by atoms with van der Waals surface area (Å²) in [5.41, 5.74) is 8.18. The molecule has 3 aromatic rings. The van der Waals surface area contributed by atoms with E-state index in [0.717, 1.165) is 17.7 Å². The summed E-state index contributed by atoms with van der Waals surface area (Å²) in [6, 6.07) is 17.0. The summed E-state index contributed by atoms with van der Waals surface area (Å²) in [5, 5.41) is 8.21. The van der Waals surface area contributed by atoms with Gasteiger partial charge in [0.1, 0.15) is 34.2 Å². The lowest BCUT2D eigenvalue weighted by atomic mass is 9.96. The molecule has 198 valence electrons. The first-order valence-corrected chi connectivity index (χ1v) is 12.9. The molecule has 1 atom stereocenters. The second-order valence-corrected chi connectivity index (χ2v) is 10.5. The number of benzene rings is 2. The summed E-state index contributed by atoms with van der Waals surface area (Å²) < 4.78 is 13.3. The van der Waals surface area contributed by atoms with Crippen molar-refractivity contribution < 1.29 is 19.1 Å². The van der Waals surface area contributed by atoms with Crippen molar-refractivity contribution in [2.75, 3.05) is 25.0 Å². The second-order valence-electron chi connectivity index (χ2n) is 10.5. The maximum absolute atomic E-state index is 12.6. The van der Waals surface area contributed by atoms with Gasteiger partial charge in [-0.1, -0.05) is 24.3 Å². The number of fused-ring (bicyclic) bond motifs is 1. The molecule has 0 fully saturated rings. The number of primary amides is 1. The van der Waals surface area contributed by atoms with E-state index >= 15 is 0 Å². The third kappa shape index (κ3) is 5.37. The number of anilines is 1. The number of nitrogens with zero attached hydrogens (tertiary/aromatic N) is 3. The monoisotopic (exact) mass is 515 g/mol. The summed E-state index contributed by atoms with van der Waals surface area (Å²) in [5.74, 6) is 1.52. The van der Waals surface area contributed by atoms with Crippen molar-refractivity contribution >= 4 is 17.8 Å². The lowest BCUT2D eigenvalue weighted by Crippen LogP contribution is -2.40. The summed E-state index contributed by atoms with van der Waals surface area (Å²) >= 11 is 0. The van der Waals surface area contributed by atoms with Gasteiger partial charge in [0.15, 0.2) is 0 Å². The summed E-state index contributed by atoms with van der Waals surface area (Å²) in [4.78, 5) is 26.8. The van der Waals surface area contributed by atoms with E-state index < -0.39 is 11.5 Å². The van der Waals surface area contributed by atoms with Crippen LogP contribution in [0, 0.1) is 0 Å². The van der Waals surface area contributed by atoms with Gasteiger partial charge in [-0.2, -0.15) is 5.10 Å². The van der Waals surface area contributed by atoms with Crippen LogP contribution in [0.4, 0.5) is 10.6 Å². The van der Waals surface area contributed by atoms with Gasteiger partial charge in [-0.25, -0.2) is 9.48 Å². The third-order valence-electron chi connectivity index (χ3n) is 6.59. The van der Waals surface area contributed by atoms with Crippen LogP contribution in [0.3, 0.4) is 0 Å². The third-order valence-corrected chi connectivity index (χ3v) is 6.59. The van der Waals surface area contributed by atoms with E-state index in [9.17, 15) is 9.59 Å². The standard InChI is InChI=1S/C29H33N5O4/c1-29(2,3)38-28(36)33-17-14-19(15-18-33)23-13-16-31-27-24(26(30)35)25(32-34(23)27)20-9-11-22(12-10-20)37-21-7-5-4-6-8-21/h4-12,14,23,31H,13,15-18H2,1-3H3,(H2,30,35)/t23-/m0/s1. The molecule has 9 heteroatoms. The van der Waals surface area contributed by atoms with Crippen LogP contribution in [0.25, 0.3) is 11.3 Å². The summed E-state index contributed by atoms with van der Waals surface area (Å²) in [6.45, 7) is 7.32. The van der Waals surface area contributed by atoms with Crippen LogP contribution in [-0.4, -0.2) is 51.9 Å². The first-order valence-electron chi connectivity index (χ1n) is 12.9. The minimum absolute atomic E-state index is 0.0282. The van der Waals surface area contributed by atoms with Gasteiger partial charge in [-0.3, -0.25) is 4.79 Å². The highest BCUT2D eigenvalue weighted by molar-refractivity contribution is 6.04. The van der Waals surface area contributed by atoms with Crippen molar-refractivity contribution in [1.82, 2.24) is 14.7 Å². The molecule has 1 aromatic heterocycles. The van der Waals surface area contributed by atoms with Crippen LogP contribution in [-0.2, 0) is 4.74 Å². The van der Waals surface area contributed by atoms with Crippen molar-refractivity contribution in [1.29, 1.82) is 0 Å². The van der Waals surface area contributed by atoms with E-state index in [0.29, 0.717) is 48.9 Å². The topological polar surface area (TPSA) is 112 Å². The number of hydrogen-bond acceptors (Lipinski definition) is 6. The van der Waals surface area contributed by atoms with Crippen LogP contribution in [0.15, 0.2) is 66.2 Å². The Labute approximate surface area is 222 Å². The van der Waals surface area contributed by atoms with Crippen LogP contribution in [0.5, 0.6) is 11.5 Å². The Bertz CT molecular complexity index is 1360. The minimum atomic E-state index is -0.535. The molecule has 0 saturated heterocycles. The number of hydrogen-bond donors (Lipinski definition) is 2. The van der Waals surface area contributed by atoms with E-state index in [1.165, 1.54) is 5.57 Å². The van der Waals surface area contributed by atoms with Crippen LogP contribution in [0.1, 0.15) is 50.0 Å². The zero-order valence-electron chi connectivity index (χ0n) is 21.9. The molecule has 2 aromatic carbocycles. The SMILES string of the molecule is CC(C)(C)OC(=O)N1CC=C([C@@H]2CCNc3c(C(N)=O)c(-c4ccc(Oc5ccccc5)cc4)nn32)CC1. The molecule has 0 unspecified atom stereocenters. The summed E-state index contributed by atoms with van der Waals surface area (Å²) in [7, 11) is 0. The van der Waals surface area contributed by atoms with Gasteiger partial charge in [0.2, 0.25) is 0 Å². The number of aromatic nitrogens is 2. The van der Waals surface area contributed by atoms with Crippen molar-refractivity contribution in [3.8, 4) is 22.8 Å². The number of para-hydroxylation sites is 1. The highest BCUT2D eigenvalue weighted by atomic mass is 16.6. The maximum atomic E-state index is 12.6. The Morgan fingerprint density at radius 2 is 1.76 bits per heavy atom. The lowest BCUT2D eigenvalue weighted by Gasteiger charge is -2.33. The number of amides is 2. The van der Waals surface area contributed by atoms with Gasteiger partial charge in [0.25, 0.3) is 5.91 Å². The van der Waals surface area contributed by atoms with Crippen LogP contribution in [0.2, 0.25) is 0 Å². The average Bonchev–Trinajstić information content (AvgIpc) is 3.29. The molecule has 38 heavy (non-hydrogen) atoms. The molecule has 2 aliphatic rings. The van der Waals surface area contributed by atoms with E-state index in [-0.39, 0.29) is 12.1 Å². The minimum Gasteiger partial charge on any atom is -0.457 e. The number of carbonyl (C=O) groups is 2. The van der Waals surface area contributed by atoms with Gasteiger partial charge in [-0.15, -0.1) is 0 Å². The zero-order chi connectivity index (χ0) is 26.9. The Morgan fingerprint density at radius 3 is 2.39 bits per heavy atom. The van der Waals surface area contributed by atoms with E-state index in [2.05, 4.69) is 11.4 Å². The second kappa shape index (κ2) is 10.2. The van der Waals surface area contributed by atoms with Crippen molar-refractivity contribution in [3.05, 3.63) is 71.8 Å². The fraction of sp³-hybridized carbons (Fsp3) is 0.345. The fourth-order valence-electron chi connectivity index (χ4n) is 4.84. The van der Waals surface area contributed by atoms with Crippen LogP contribution < -0.4 is 15.8 Å². The molecular weight excluding hydrogens is 482 g/mol. The van der Waals surface area contributed by atoms with E-state index in [1.54, 1.807) is 4.90 Å². The van der Waals surface area contributed by atoms with Gasteiger partial charge in [0, 0.05) is 25.2 Å². The Hall–Kier alpha value is -4.27. The maximum Gasteiger partial charge on any atom is 0.410 e. The first-order chi connectivity index (χ1) is 18.2. The molecular formula is C29H33N5O4. The molecule has 2 aliphatic heterocycles. The predicted molar refractivity (Wildman–Crippen MR) is 145 cm³/mol. The quantitative estimate of drug-likeness (QED) is 0.442. The largest absolute Gasteiger partial charge is 0.457 e. The highest BCUT2D eigenvalue weighted by Crippen LogP contribution is 2.38. The predicted octanol–water partition coefficient (Wildman–Crippen LogP) is 5.37. The van der Waals surface area contributed by atoms with Gasteiger partial charge >= 0.3 is 6.09 Å². The number of nitrogens with one attached hydrogen (secondary N) is 1. The molecule has 0 radical (unpaired) electrons. The van der Waals surface area contributed by atoms with Gasteiger partial charge < -0.3 is 25.4 Å². The normalized spacial score (nSPS) is 17.2. The first kappa shape index (κ1) is 25.4. The van der Waals surface area contributed by atoms with E-state index in [1.807, 2.05) is 80.1 Å². The molecule has 0 saturated carbocycles. The van der Waals surface area contributed by atoms with Crippen molar-refractivity contribution in [3.63, 3.8) is 0 Å². The van der Waals surface area contributed by atoms with Gasteiger partial charge in [0.05, 0.1) is 6.04 Å². The molecule has 0 spiro atoms. The lowest BCUT2D eigenvalue weighted by molar-refractivity contribution is 0.0263. The number of carbonyl (C=O) groups excluding carboxylic acids is 2. The molecule has 9 nitrogen and oxygen atoms in total. The Balaban J connectivity index is 1.40. The van der Waals surface area contributed by atoms with Crippen LogP contribution >= 0.6 is 0 Å². The molecule has 0 aliphatic carbocycles. The Morgan fingerprint density at radius 1 is 1.05 bits per heavy atom. The fourth-order valence-corrected chi connectivity index (χ4v) is 4.84. The molecule has 2 amide bonds. The zero-order valence-corrected chi connectivity index (χ0v) is 21.9. The van der Waals surface area contributed by atoms with Crippen molar-refractivity contribution in [2.24, 2.45) is 5.73 Å². The number of ether oxygens (including phenoxy) is 2. The molecule has 5 rings (SSSR count). The highest BCUT2D eigenvalue weighted by Gasteiger charge is 2.33. The number of nitrogens with two attached hydrogens (primary N) is 1. The molecule has 3 N–H and O–H groups in total. The summed E-state index contributed by atoms with van der Waals surface area (Å²) in [6.07, 6.45) is 3.29. The van der Waals surface area contributed by atoms with Gasteiger partial charge in [-0.05, 0) is 75.6 Å². The Kier molecular flexibility index (Phi) is 6.84. The number of rotatable bonds is 5. The smallest absolute Gasteiger partial charge is 0.410 e. The average molecular weight is 516 g/mol. The molecule has 3 heterocycles.